The monoisotopic (exact) mass is 258 g/mol. The summed E-state index contributed by atoms with van der Waals surface area (Å²) in [5.74, 6) is 0. The van der Waals surface area contributed by atoms with Crippen LogP contribution in [0.1, 0.15) is 48.8 Å². The molecule has 1 fully saturated rings. The molecule has 1 unspecified atom stereocenters. The van der Waals surface area contributed by atoms with Crippen molar-refractivity contribution in [2.45, 2.75) is 57.5 Å². The van der Waals surface area contributed by atoms with Gasteiger partial charge in [0.15, 0.2) is 0 Å². The topological polar surface area (TPSA) is 29.3 Å². The average molecular weight is 258 g/mol. The van der Waals surface area contributed by atoms with Crippen LogP contribution in [-0.2, 0) is 19.4 Å². The Balaban J connectivity index is 1.68. The lowest BCUT2D eigenvalue weighted by atomic mass is 9.87. The van der Waals surface area contributed by atoms with E-state index in [1.807, 2.05) is 0 Å². The van der Waals surface area contributed by atoms with Crippen LogP contribution in [0.25, 0.3) is 0 Å². The molecule has 3 rings (SSSR count). The van der Waals surface area contributed by atoms with Crippen molar-refractivity contribution in [2.75, 3.05) is 13.1 Å². The second-order valence-electron chi connectivity index (χ2n) is 6.30. The van der Waals surface area contributed by atoms with Crippen molar-refractivity contribution in [3.63, 3.8) is 0 Å². The first-order chi connectivity index (χ1) is 9.31. The molecule has 0 saturated carbocycles. The fraction of sp³-hybridized carbons (Fsp3) is 0.647. The lowest BCUT2D eigenvalue weighted by Gasteiger charge is -2.24. The first kappa shape index (κ1) is 13.1. The third-order valence-electron chi connectivity index (χ3n) is 4.64. The van der Waals surface area contributed by atoms with Gasteiger partial charge in [-0.3, -0.25) is 4.90 Å². The number of rotatable bonds is 2. The highest BCUT2D eigenvalue weighted by Gasteiger charge is 2.16. The fourth-order valence-corrected chi connectivity index (χ4v) is 3.49. The molecule has 1 heterocycles. The largest absolute Gasteiger partial charge is 0.327 e. The molecule has 0 radical (unpaired) electrons. The molecule has 1 atom stereocenters. The van der Waals surface area contributed by atoms with Crippen LogP contribution in [0.15, 0.2) is 18.2 Å². The molecule has 2 N–H and O–H groups in total. The van der Waals surface area contributed by atoms with Gasteiger partial charge in [0.05, 0.1) is 0 Å². The average Bonchev–Trinajstić information content (AvgIpc) is 2.68. The zero-order valence-corrected chi connectivity index (χ0v) is 11.9. The van der Waals surface area contributed by atoms with Gasteiger partial charge in [0.25, 0.3) is 0 Å². The number of benzene rings is 1. The zero-order chi connectivity index (χ0) is 13.1. The number of hydrogen-bond acceptors (Lipinski definition) is 2. The highest BCUT2D eigenvalue weighted by molar-refractivity contribution is 5.34. The Morgan fingerprint density at radius 3 is 2.63 bits per heavy atom. The summed E-state index contributed by atoms with van der Waals surface area (Å²) in [5, 5.41) is 0. The summed E-state index contributed by atoms with van der Waals surface area (Å²) in [6.07, 6.45) is 8.97. The molecule has 2 heteroatoms. The van der Waals surface area contributed by atoms with E-state index in [1.165, 1.54) is 56.3 Å². The Bertz CT molecular complexity index is 419. The van der Waals surface area contributed by atoms with Gasteiger partial charge < -0.3 is 5.73 Å². The Hall–Kier alpha value is -0.860. The normalized spacial score (nSPS) is 24.8. The van der Waals surface area contributed by atoms with Crippen molar-refractivity contribution >= 4 is 0 Å². The van der Waals surface area contributed by atoms with E-state index in [-0.39, 0.29) is 0 Å². The zero-order valence-electron chi connectivity index (χ0n) is 11.9. The number of hydrogen-bond donors (Lipinski definition) is 1. The van der Waals surface area contributed by atoms with Crippen molar-refractivity contribution in [1.29, 1.82) is 0 Å². The molecule has 1 aliphatic heterocycles. The molecule has 0 amide bonds. The predicted molar refractivity (Wildman–Crippen MR) is 80.2 cm³/mol. The van der Waals surface area contributed by atoms with Crippen LogP contribution in [-0.4, -0.2) is 24.0 Å². The molecule has 19 heavy (non-hydrogen) atoms. The molecule has 2 nitrogen and oxygen atoms in total. The van der Waals surface area contributed by atoms with Crippen molar-refractivity contribution < 1.29 is 0 Å². The lowest BCUT2D eigenvalue weighted by Crippen LogP contribution is -2.28. The second-order valence-corrected chi connectivity index (χ2v) is 6.30. The maximum atomic E-state index is 6.05. The van der Waals surface area contributed by atoms with Crippen molar-refractivity contribution in [3.8, 4) is 0 Å². The first-order valence-corrected chi connectivity index (χ1v) is 7.90. The van der Waals surface area contributed by atoms with Crippen LogP contribution in [0.3, 0.4) is 0 Å². The van der Waals surface area contributed by atoms with E-state index in [0.717, 1.165) is 19.4 Å². The Morgan fingerprint density at radius 2 is 1.84 bits per heavy atom. The van der Waals surface area contributed by atoms with Crippen LogP contribution in [0.4, 0.5) is 0 Å². The minimum absolute atomic E-state index is 0.379. The summed E-state index contributed by atoms with van der Waals surface area (Å²) in [7, 11) is 0. The summed E-state index contributed by atoms with van der Waals surface area (Å²) in [4.78, 5) is 2.63. The van der Waals surface area contributed by atoms with Crippen molar-refractivity contribution in [2.24, 2.45) is 5.73 Å². The number of aryl methyl sites for hydroxylation is 1. The molecular formula is C17H26N2. The predicted octanol–water partition coefficient (Wildman–Crippen LogP) is 2.88. The van der Waals surface area contributed by atoms with Gasteiger partial charge in [-0.2, -0.15) is 0 Å². The number of fused-ring (bicyclic) bond motifs is 1. The number of nitrogens with two attached hydrogens (primary N) is 1. The van der Waals surface area contributed by atoms with Crippen molar-refractivity contribution in [3.05, 3.63) is 34.9 Å². The second kappa shape index (κ2) is 6.06. The van der Waals surface area contributed by atoms with Crippen LogP contribution in [0, 0.1) is 0 Å². The van der Waals surface area contributed by atoms with E-state index >= 15 is 0 Å². The van der Waals surface area contributed by atoms with Crippen molar-refractivity contribution in [1.82, 2.24) is 4.90 Å². The van der Waals surface area contributed by atoms with Crippen LogP contribution >= 0.6 is 0 Å². The third-order valence-corrected chi connectivity index (χ3v) is 4.64. The minimum Gasteiger partial charge on any atom is -0.327 e. The van der Waals surface area contributed by atoms with E-state index < -0.39 is 0 Å². The quantitative estimate of drug-likeness (QED) is 0.884. The van der Waals surface area contributed by atoms with Gasteiger partial charge in [0, 0.05) is 12.6 Å². The first-order valence-electron chi connectivity index (χ1n) is 7.90. The summed E-state index contributed by atoms with van der Waals surface area (Å²) < 4.78 is 0. The minimum atomic E-state index is 0.379. The highest BCUT2D eigenvalue weighted by atomic mass is 15.1. The van der Waals surface area contributed by atoms with E-state index in [1.54, 1.807) is 5.56 Å². The van der Waals surface area contributed by atoms with Crippen LogP contribution < -0.4 is 5.73 Å². The van der Waals surface area contributed by atoms with E-state index in [2.05, 4.69) is 23.1 Å². The highest BCUT2D eigenvalue weighted by Crippen LogP contribution is 2.23. The Kier molecular flexibility index (Phi) is 4.19. The molecule has 104 valence electrons. The number of likely N-dealkylation sites (tertiary alicyclic amines) is 1. The molecule has 1 aromatic rings. The van der Waals surface area contributed by atoms with Gasteiger partial charge >= 0.3 is 0 Å². The Morgan fingerprint density at radius 1 is 1.05 bits per heavy atom. The smallest absolute Gasteiger partial charge is 0.0233 e. The van der Waals surface area contributed by atoms with Gasteiger partial charge in [-0.1, -0.05) is 31.0 Å². The maximum Gasteiger partial charge on any atom is 0.0233 e. The van der Waals surface area contributed by atoms with Crippen LogP contribution in [0.2, 0.25) is 0 Å². The van der Waals surface area contributed by atoms with Gasteiger partial charge in [0.2, 0.25) is 0 Å². The molecule has 0 bridgehead atoms. The molecule has 1 aromatic carbocycles. The van der Waals surface area contributed by atoms with Gasteiger partial charge in [0.1, 0.15) is 0 Å². The maximum absolute atomic E-state index is 6.05. The van der Waals surface area contributed by atoms with E-state index in [0.29, 0.717) is 6.04 Å². The lowest BCUT2D eigenvalue weighted by molar-refractivity contribution is 0.277. The SMILES string of the molecule is NC1CCc2cc(CN3CCCCCC3)ccc2C1. The number of nitrogens with zero attached hydrogens (tertiary/aromatic N) is 1. The van der Waals surface area contributed by atoms with Gasteiger partial charge in [-0.25, -0.2) is 0 Å². The molecule has 0 spiro atoms. The summed E-state index contributed by atoms with van der Waals surface area (Å²) in [6.45, 7) is 3.70. The van der Waals surface area contributed by atoms with E-state index in [4.69, 9.17) is 5.73 Å². The fourth-order valence-electron chi connectivity index (χ4n) is 3.49. The molecule has 2 aliphatic rings. The summed E-state index contributed by atoms with van der Waals surface area (Å²) in [6, 6.07) is 7.46. The summed E-state index contributed by atoms with van der Waals surface area (Å²) >= 11 is 0. The van der Waals surface area contributed by atoms with Crippen LogP contribution in [0.5, 0.6) is 0 Å². The summed E-state index contributed by atoms with van der Waals surface area (Å²) in [5.41, 5.74) is 10.6. The Labute approximate surface area is 117 Å². The third kappa shape index (κ3) is 3.37. The molecule has 1 saturated heterocycles. The standard InChI is InChI=1S/C17H26N2/c18-17-8-7-15-11-14(5-6-16(15)12-17)13-19-9-3-1-2-4-10-19/h5-6,11,17H,1-4,7-10,12-13,18H2. The molecule has 1 aliphatic carbocycles. The molecule has 0 aromatic heterocycles. The van der Waals surface area contributed by atoms with Gasteiger partial charge in [-0.05, 0) is 61.9 Å². The van der Waals surface area contributed by atoms with E-state index in [9.17, 15) is 0 Å². The van der Waals surface area contributed by atoms with Gasteiger partial charge in [-0.15, -0.1) is 0 Å². The molecular weight excluding hydrogens is 232 g/mol.